The zero-order valence-electron chi connectivity index (χ0n) is 16.3. The second-order valence-electron chi connectivity index (χ2n) is 6.87. The molecule has 7 heteroatoms. The molecule has 0 N–H and O–H groups in total. The molecule has 0 unspecified atom stereocenters. The van der Waals surface area contributed by atoms with Gasteiger partial charge >= 0.3 is 0 Å². The number of thioether (sulfide) groups is 1. The SMILES string of the molecule is Cc1cc(Cl)cc2sc(N(CCCN(C)C)C(=O)CSc3ccccc3)nc12. The van der Waals surface area contributed by atoms with Crippen molar-refractivity contribution in [3.8, 4) is 0 Å². The Hall–Kier alpha value is -1.60. The van der Waals surface area contributed by atoms with E-state index >= 15 is 0 Å². The zero-order valence-corrected chi connectivity index (χ0v) is 18.7. The number of aryl methyl sites for hydroxylation is 1. The largest absolute Gasteiger partial charge is 0.309 e. The summed E-state index contributed by atoms with van der Waals surface area (Å²) in [5.41, 5.74) is 1.95. The summed E-state index contributed by atoms with van der Waals surface area (Å²) in [5.74, 6) is 0.470. The van der Waals surface area contributed by atoms with Gasteiger partial charge < -0.3 is 4.90 Å². The number of halogens is 1. The van der Waals surface area contributed by atoms with Crippen molar-refractivity contribution in [3.05, 3.63) is 53.1 Å². The van der Waals surface area contributed by atoms with E-state index in [0.717, 1.165) is 38.8 Å². The number of hydrogen-bond acceptors (Lipinski definition) is 5. The average molecular weight is 434 g/mol. The fourth-order valence-electron chi connectivity index (χ4n) is 2.87. The molecule has 0 spiro atoms. The number of fused-ring (bicyclic) bond motifs is 1. The van der Waals surface area contributed by atoms with Gasteiger partial charge in [0, 0.05) is 16.5 Å². The summed E-state index contributed by atoms with van der Waals surface area (Å²) in [5, 5.41) is 1.45. The molecule has 0 fully saturated rings. The second kappa shape index (κ2) is 9.74. The topological polar surface area (TPSA) is 36.4 Å². The molecular formula is C21H24ClN3OS2. The summed E-state index contributed by atoms with van der Waals surface area (Å²) in [6, 6.07) is 13.8. The Morgan fingerprint density at radius 2 is 1.93 bits per heavy atom. The van der Waals surface area contributed by atoms with Crippen molar-refractivity contribution in [2.45, 2.75) is 18.2 Å². The first-order chi connectivity index (χ1) is 13.4. The van der Waals surface area contributed by atoms with E-state index < -0.39 is 0 Å². The Morgan fingerprint density at radius 3 is 2.64 bits per heavy atom. The Morgan fingerprint density at radius 1 is 1.18 bits per heavy atom. The van der Waals surface area contributed by atoms with Crippen LogP contribution in [0.15, 0.2) is 47.4 Å². The highest BCUT2D eigenvalue weighted by atomic mass is 35.5. The normalized spacial score (nSPS) is 11.3. The van der Waals surface area contributed by atoms with E-state index in [9.17, 15) is 4.79 Å². The first kappa shape index (κ1) is 21.1. The minimum Gasteiger partial charge on any atom is -0.309 e. The molecule has 28 heavy (non-hydrogen) atoms. The summed E-state index contributed by atoms with van der Waals surface area (Å²) >= 11 is 9.29. The molecule has 0 saturated heterocycles. The van der Waals surface area contributed by atoms with Crippen LogP contribution in [0.2, 0.25) is 5.02 Å². The van der Waals surface area contributed by atoms with E-state index in [2.05, 4.69) is 4.90 Å². The number of thiazole rings is 1. The number of anilines is 1. The minimum atomic E-state index is 0.0791. The summed E-state index contributed by atoms with van der Waals surface area (Å²) < 4.78 is 1.01. The third kappa shape index (κ3) is 5.47. The van der Waals surface area contributed by atoms with Gasteiger partial charge in [0.25, 0.3) is 0 Å². The lowest BCUT2D eigenvalue weighted by Crippen LogP contribution is -2.34. The molecule has 1 aromatic heterocycles. The molecule has 3 rings (SSSR count). The van der Waals surface area contributed by atoms with Crippen LogP contribution in [0.4, 0.5) is 5.13 Å². The van der Waals surface area contributed by atoms with Gasteiger partial charge in [-0.25, -0.2) is 4.98 Å². The summed E-state index contributed by atoms with van der Waals surface area (Å²) in [4.78, 5) is 22.9. The number of carbonyl (C=O) groups excluding carboxylic acids is 1. The van der Waals surface area contributed by atoms with Crippen LogP contribution in [0.1, 0.15) is 12.0 Å². The van der Waals surface area contributed by atoms with Crippen molar-refractivity contribution >= 4 is 56.0 Å². The second-order valence-corrected chi connectivity index (χ2v) is 9.36. The number of nitrogens with zero attached hydrogens (tertiary/aromatic N) is 3. The number of carbonyl (C=O) groups is 1. The molecule has 0 atom stereocenters. The van der Waals surface area contributed by atoms with Gasteiger partial charge in [0.15, 0.2) is 5.13 Å². The molecule has 0 aliphatic carbocycles. The Kier molecular flexibility index (Phi) is 7.35. The van der Waals surface area contributed by atoms with Crippen molar-refractivity contribution < 1.29 is 4.79 Å². The van der Waals surface area contributed by atoms with Crippen molar-refractivity contribution in [1.82, 2.24) is 9.88 Å². The molecule has 1 heterocycles. The lowest BCUT2D eigenvalue weighted by Gasteiger charge is -2.21. The first-order valence-electron chi connectivity index (χ1n) is 9.13. The van der Waals surface area contributed by atoms with E-state index in [0.29, 0.717) is 17.3 Å². The molecule has 0 saturated carbocycles. The maximum Gasteiger partial charge on any atom is 0.239 e. The monoisotopic (exact) mass is 433 g/mol. The standard InChI is InChI=1S/C21H24ClN3OS2/c1-15-12-16(22)13-18-20(15)23-21(28-18)25(11-7-10-24(2)3)19(26)14-27-17-8-5-4-6-9-17/h4-6,8-9,12-13H,7,10-11,14H2,1-3H3. The van der Waals surface area contributed by atoms with Crippen LogP contribution in [0.25, 0.3) is 10.2 Å². The Bertz CT molecular complexity index is 943. The molecule has 3 aromatic rings. The van der Waals surface area contributed by atoms with Gasteiger partial charge in [0.1, 0.15) is 0 Å². The molecule has 0 aliphatic rings. The fraction of sp³-hybridized carbons (Fsp3) is 0.333. The van der Waals surface area contributed by atoms with Crippen LogP contribution < -0.4 is 4.90 Å². The number of benzene rings is 2. The lowest BCUT2D eigenvalue weighted by molar-refractivity contribution is -0.116. The third-order valence-electron chi connectivity index (χ3n) is 4.26. The highest BCUT2D eigenvalue weighted by Gasteiger charge is 2.20. The van der Waals surface area contributed by atoms with Gasteiger partial charge in [-0.3, -0.25) is 9.69 Å². The number of aromatic nitrogens is 1. The molecule has 0 radical (unpaired) electrons. The van der Waals surface area contributed by atoms with Crippen molar-refractivity contribution in [2.75, 3.05) is 37.8 Å². The third-order valence-corrected chi connectivity index (χ3v) is 6.50. The maximum atomic E-state index is 13.1. The van der Waals surface area contributed by atoms with E-state index in [1.54, 1.807) is 11.8 Å². The van der Waals surface area contributed by atoms with E-state index in [1.165, 1.54) is 11.3 Å². The van der Waals surface area contributed by atoms with Gasteiger partial charge in [-0.15, -0.1) is 11.8 Å². The lowest BCUT2D eigenvalue weighted by atomic mass is 10.2. The Labute approximate surface area is 179 Å². The number of amides is 1. The van der Waals surface area contributed by atoms with E-state index in [1.807, 2.05) is 68.4 Å². The van der Waals surface area contributed by atoms with Gasteiger partial charge in [-0.1, -0.05) is 41.1 Å². The predicted octanol–water partition coefficient (Wildman–Crippen LogP) is 5.34. The van der Waals surface area contributed by atoms with Crippen LogP contribution in [-0.4, -0.2) is 48.7 Å². The van der Waals surface area contributed by atoms with Crippen molar-refractivity contribution in [2.24, 2.45) is 0 Å². The molecular weight excluding hydrogens is 410 g/mol. The Balaban J connectivity index is 1.81. The van der Waals surface area contributed by atoms with Crippen molar-refractivity contribution in [1.29, 1.82) is 0 Å². The zero-order chi connectivity index (χ0) is 20.1. The smallest absolute Gasteiger partial charge is 0.239 e. The molecule has 0 bridgehead atoms. The highest BCUT2D eigenvalue weighted by Crippen LogP contribution is 2.33. The average Bonchev–Trinajstić information content (AvgIpc) is 3.08. The summed E-state index contributed by atoms with van der Waals surface area (Å²) in [6.45, 7) is 3.57. The maximum absolute atomic E-state index is 13.1. The number of rotatable bonds is 8. The number of hydrogen-bond donors (Lipinski definition) is 0. The molecule has 2 aromatic carbocycles. The molecule has 1 amide bonds. The van der Waals surface area contributed by atoms with Gasteiger partial charge in [0.2, 0.25) is 5.91 Å². The van der Waals surface area contributed by atoms with Crippen LogP contribution in [0.5, 0.6) is 0 Å². The highest BCUT2D eigenvalue weighted by molar-refractivity contribution is 8.00. The van der Waals surface area contributed by atoms with Gasteiger partial charge in [0.05, 0.1) is 16.0 Å². The van der Waals surface area contributed by atoms with Gasteiger partial charge in [-0.05, 0) is 63.8 Å². The van der Waals surface area contributed by atoms with Crippen LogP contribution in [-0.2, 0) is 4.79 Å². The van der Waals surface area contributed by atoms with Crippen LogP contribution in [0.3, 0.4) is 0 Å². The first-order valence-corrected chi connectivity index (χ1v) is 11.3. The van der Waals surface area contributed by atoms with E-state index in [-0.39, 0.29) is 5.91 Å². The summed E-state index contributed by atoms with van der Waals surface area (Å²) in [6.07, 6.45) is 0.893. The minimum absolute atomic E-state index is 0.0791. The van der Waals surface area contributed by atoms with Crippen LogP contribution in [0, 0.1) is 6.92 Å². The quantitative estimate of drug-likeness (QED) is 0.449. The molecule has 0 aliphatic heterocycles. The van der Waals surface area contributed by atoms with E-state index in [4.69, 9.17) is 16.6 Å². The fourth-order valence-corrected chi connectivity index (χ4v) is 5.13. The van der Waals surface area contributed by atoms with Crippen molar-refractivity contribution in [3.63, 3.8) is 0 Å². The molecule has 4 nitrogen and oxygen atoms in total. The van der Waals surface area contributed by atoms with Gasteiger partial charge in [-0.2, -0.15) is 0 Å². The molecule has 148 valence electrons. The predicted molar refractivity (Wildman–Crippen MR) is 122 cm³/mol. The van der Waals surface area contributed by atoms with Crippen LogP contribution >= 0.6 is 34.7 Å². The summed E-state index contributed by atoms with van der Waals surface area (Å²) in [7, 11) is 4.08.